The summed E-state index contributed by atoms with van der Waals surface area (Å²) >= 11 is 0. The largest absolute Gasteiger partial charge is 0.366 e. The van der Waals surface area contributed by atoms with Gasteiger partial charge < -0.3 is 10.6 Å². The van der Waals surface area contributed by atoms with Crippen LogP contribution < -0.4 is 10.6 Å². The zero-order valence-electron chi connectivity index (χ0n) is 10.0. The van der Waals surface area contributed by atoms with Crippen LogP contribution in [0.15, 0.2) is 12.1 Å². The van der Waals surface area contributed by atoms with Crippen molar-refractivity contribution in [2.45, 2.75) is 39.5 Å². The number of benzene rings is 1. The van der Waals surface area contributed by atoms with Crippen LogP contribution in [0.2, 0.25) is 0 Å². The van der Waals surface area contributed by atoms with Crippen molar-refractivity contribution in [3.8, 4) is 0 Å². The van der Waals surface area contributed by atoms with E-state index in [1.165, 1.54) is 22.5 Å². The molecule has 0 spiro atoms. The van der Waals surface area contributed by atoms with Crippen LogP contribution >= 0.6 is 0 Å². The highest BCUT2D eigenvalue weighted by Gasteiger charge is 2.20. The molecule has 2 N–H and O–H groups in total. The van der Waals surface area contributed by atoms with Gasteiger partial charge in [-0.05, 0) is 23.0 Å². The van der Waals surface area contributed by atoms with E-state index in [4.69, 9.17) is 0 Å². The summed E-state index contributed by atoms with van der Waals surface area (Å²) in [5.74, 6) is 1.15. The van der Waals surface area contributed by atoms with E-state index in [2.05, 4.69) is 50.5 Å². The summed E-state index contributed by atoms with van der Waals surface area (Å²) in [6.07, 6.45) is 0. The van der Waals surface area contributed by atoms with E-state index in [-0.39, 0.29) is 0 Å². The van der Waals surface area contributed by atoms with Gasteiger partial charge in [0.15, 0.2) is 0 Å². The zero-order chi connectivity index (χ0) is 11.0. The molecule has 1 aliphatic rings. The summed E-state index contributed by atoms with van der Waals surface area (Å²) in [5, 5.41) is 6.87. The first kappa shape index (κ1) is 10.3. The zero-order valence-corrected chi connectivity index (χ0v) is 10.0. The van der Waals surface area contributed by atoms with Gasteiger partial charge in [0.05, 0.1) is 18.0 Å². The van der Waals surface area contributed by atoms with E-state index in [0.29, 0.717) is 11.8 Å². The molecule has 0 aliphatic carbocycles. The molecule has 0 amide bonds. The number of nitrogens with one attached hydrogen (secondary N) is 2. The van der Waals surface area contributed by atoms with Crippen molar-refractivity contribution in [3.63, 3.8) is 0 Å². The SMILES string of the molecule is CC(C)c1ccc(C(C)C)c2c1NCN2. The van der Waals surface area contributed by atoms with E-state index in [9.17, 15) is 0 Å². The van der Waals surface area contributed by atoms with Crippen molar-refractivity contribution in [1.82, 2.24) is 0 Å². The number of anilines is 2. The minimum absolute atomic E-state index is 0.576. The second-order valence-electron chi connectivity index (χ2n) is 4.83. The Morgan fingerprint density at radius 1 is 0.867 bits per heavy atom. The molecule has 1 aromatic carbocycles. The quantitative estimate of drug-likeness (QED) is 0.767. The Hall–Kier alpha value is -1.18. The maximum Gasteiger partial charge on any atom is 0.0851 e. The molecule has 2 rings (SSSR count). The van der Waals surface area contributed by atoms with Crippen molar-refractivity contribution < 1.29 is 0 Å². The van der Waals surface area contributed by atoms with Gasteiger partial charge in [0.1, 0.15) is 0 Å². The minimum atomic E-state index is 0.576. The average molecular weight is 204 g/mol. The highest BCUT2D eigenvalue weighted by molar-refractivity contribution is 5.80. The highest BCUT2D eigenvalue weighted by Crippen LogP contribution is 2.39. The lowest BCUT2D eigenvalue weighted by Gasteiger charge is -2.16. The molecule has 2 nitrogen and oxygen atoms in total. The molecule has 0 aromatic heterocycles. The lowest BCUT2D eigenvalue weighted by molar-refractivity contribution is 0.851. The summed E-state index contributed by atoms with van der Waals surface area (Å²) in [4.78, 5) is 0. The Bertz CT molecular complexity index is 332. The number of hydrogen-bond acceptors (Lipinski definition) is 2. The number of hydrogen-bond donors (Lipinski definition) is 2. The topological polar surface area (TPSA) is 24.1 Å². The molecule has 0 atom stereocenters. The molecule has 0 saturated heterocycles. The van der Waals surface area contributed by atoms with Crippen molar-refractivity contribution in [3.05, 3.63) is 23.3 Å². The Labute approximate surface area is 92.1 Å². The van der Waals surface area contributed by atoms with E-state index in [0.717, 1.165) is 6.67 Å². The Morgan fingerprint density at radius 3 is 1.60 bits per heavy atom. The third-order valence-electron chi connectivity index (χ3n) is 3.04. The molecule has 1 aliphatic heterocycles. The Kier molecular flexibility index (Phi) is 2.59. The second kappa shape index (κ2) is 3.76. The summed E-state index contributed by atoms with van der Waals surface area (Å²) in [7, 11) is 0. The van der Waals surface area contributed by atoms with E-state index < -0.39 is 0 Å². The van der Waals surface area contributed by atoms with E-state index >= 15 is 0 Å². The van der Waals surface area contributed by atoms with Gasteiger partial charge >= 0.3 is 0 Å². The van der Waals surface area contributed by atoms with E-state index in [1.807, 2.05) is 0 Å². The summed E-state index contributed by atoms with van der Waals surface area (Å²) in [5.41, 5.74) is 5.46. The second-order valence-corrected chi connectivity index (χ2v) is 4.83. The van der Waals surface area contributed by atoms with E-state index in [1.54, 1.807) is 0 Å². The molecule has 0 radical (unpaired) electrons. The Balaban J connectivity index is 2.54. The number of rotatable bonds is 2. The molecule has 0 fully saturated rings. The highest BCUT2D eigenvalue weighted by atomic mass is 15.1. The van der Waals surface area contributed by atoms with Gasteiger partial charge in [-0.25, -0.2) is 0 Å². The van der Waals surface area contributed by atoms with Gasteiger partial charge in [-0.1, -0.05) is 39.8 Å². The van der Waals surface area contributed by atoms with Crippen molar-refractivity contribution in [2.75, 3.05) is 17.3 Å². The first-order valence-corrected chi connectivity index (χ1v) is 5.75. The first-order valence-electron chi connectivity index (χ1n) is 5.75. The molecular formula is C13H20N2. The molecule has 82 valence electrons. The summed E-state index contributed by atoms with van der Waals surface area (Å²) in [6.45, 7) is 9.82. The summed E-state index contributed by atoms with van der Waals surface area (Å²) in [6, 6.07) is 4.53. The molecule has 0 unspecified atom stereocenters. The molecular weight excluding hydrogens is 184 g/mol. The standard InChI is InChI=1S/C13H20N2/c1-8(2)10-5-6-11(9(3)4)13-12(10)14-7-15-13/h5-6,8-9,14-15H,7H2,1-4H3. The maximum absolute atomic E-state index is 3.43. The van der Waals surface area contributed by atoms with Crippen LogP contribution in [0.25, 0.3) is 0 Å². The van der Waals surface area contributed by atoms with Gasteiger partial charge in [-0.2, -0.15) is 0 Å². The molecule has 2 heteroatoms. The first-order chi connectivity index (χ1) is 7.11. The minimum Gasteiger partial charge on any atom is -0.366 e. The molecule has 15 heavy (non-hydrogen) atoms. The van der Waals surface area contributed by atoms with Gasteiger partial charge in [-0.15, -0.1) is 0 Å². The van der Waals surface area contributed by atoms with Crippen LogP contribution in [0, 0.1) is 0 Å². The lowest BCUT2D eigenvalue weighted by atomic mass is 9.93. The smallest absolute Gasteiger partial charge is 0.0851 e. The predicted octanol–water partition coefficient (Wildman–Crippen LogP) is 3.73. The normalized spacial score (nSPS) is 14.0. The van der Waals surface area contributed by atoms with Crippen molar-refractivity contribution in [2.24, 2.45) is 0 Å². The van der Waals surface area contributed by atoms with Crippen LogP contribution in [0.5, 0.6) is 0 Å². The van der Waals surface area contributed by atoms with Gasteiger partial charge in [0.2, 0.25) is 0 Å². The fourth-order valence-electron chi connectivity index (χ4n) is 2.20. The molecule has 0 bridgehead atoms. The predicted molar refractivity (Wildman–Crippen MR) is 66.7 cm³/mol. The van der Waals surface area contributed by atoms with Gasteiger partial charge in [0, 0.05) is 0 Å². The van der Waals surface area contributed by atoms with Crippen LogP contribution in [-0.2, 0) is 0 Å². The van der Waals surface area contributed by atoms with Gasteiger partial charge in [0.25, 0.3) is 0 Å². The monoisotopic (exact) mass is 204 g/mol. The molecule has 1 aromatic rings. The average Bonchev–Trinajstić information content (AvgIpc) is 2.63. The third kappa shape index (κ3) is 1.69. The van der Waals surface area contributed by atoms with Crippen LogP contribution in [-0.4, -0.2) is 6.67 Å². The third-order valence-corrected chi connectivity index (χ3v) is 3.04. The van der Waals surface area contributed by atoms with Crippen LogP contribution in [0.3, 0.4) is 0 Å². The van der Waals surface area contributed by atoms with Crippen molar-refractivity contribution in [1.29, 1.82) is 0 Å². The summed E-state index contributed by atoms with van der Waals surface area (Å²) < 4.78 is 0. The van der Waals surface area contributed by atoms with Crippen molar-refractivity contribution >= 4 is 11.4 Å². The molecule has 0 saturated carbocycles. The Morgan fingerprint density at radius 2 is 1.27 bits per heavy atom. The molecule has 1 heterocycles. The van der Waals surface area contributed by atoms with Crippen LogP contribution in [0.4, 0.5) is 11.4 Å². The fourth-order valence-corrected chi connectivity index (χ4v) is 2.20. The maximum atomic E-state index is 3.43. The lowest BCUT2D eigenvalue weighted by Crippen LogP contribution is -2.00. The van der Waals surface area contributed by atoms with Gasteiger partial charge in [-0.3, -0.25) is 0 Å². The van der Waals surface area contributed by atoms with Crippen LogP contribution in [0.1, 0.15) is 50.7 Å². The number of fused-ring (bicyclic) bond motifs is 1. The fraction of sp³-hybridized carbons (Fsp3) is 0.538.